The van der Waals surface area contributed by atoms with E-state index in [1.54, 1.807) is 24.1 Å². The van der Waals surface area contributed by atoms with Crippen molar-refractivity contribution in [3.8, 4) is 0 Å². The number of rotatable bonds is 3. The van der Waals surface area contributed by atoms with E-state index in [1.807, 2.05) is 12.1 Å². The number of halogens is 1. The molecule has 5 nitrogen and oxygen atoms in total. The Bertz CT molecular complexity index is 655. The molecule has 0 fully saturated rings. The highest BCUT2D eigenvalue weighted by Crippen LogP contribution is 2.24. The number of benzene rings is 1. The number of hydrogen-bond donors (Lipinski definition) is 1. The van der Waals surface area contributed by atoms with Crippen molar-refractivity contribution in [3.05, 3.63) is 52.8 Å². The second-order valence-corrected chi connectivity index (χ2v) is 5.63. The predicted octanol–water partition coefficient (Wildman–Crippen LogP) is 1.67. The molecule has 0 saturated heterocycles. The lowest BCUT2D eigenvalue weighted by atomic mass is 9.94. The smallest absolute Gasteiger partial charge is 0.237 e. The number of amides is 1. The van der Waals surface area contributed by atoms with Crippen LogP contribution < -0.4 is 5.32 Å². The van der Waals surface area contributed by atoms with Crippen molar-refractivity contribution in [3.63, 3.8) is 0 Å². The molecule has 1 amide bonds. The molecule has 0 saturated carbocycles. The van der Waals surface area contributed by atoms with Crippen LogP contribution in [-0.2, 0) is 24.4 Å². The van der Waals surface area contributed by atoms with Gasteiger partial charge in [0, 0.05) is 19.8 Å². The van der Waals surface area contributed by atoms with Gasteiger partial charge in [-0.05, 0) is 17.5 Å². The van der Waals surface area contributed by atoms with E-state index in [0.717, 1.165) is 6.54 Å². The normalized spacial score (nSPS) is 18.3. The van der Waals surface area contributed by atoms with E-state index in [-0.39, 0.29) is 11.9 Å². The monoisotopic (exact) mass is 304 g/mol. The minimum atomic E-state index is -0.187. The number of nitrogens with one attached hydrogen (secondary N) is 1. The average Bonchev–Trinajstić information content (AvgIpc) is 2.91. The summed E-state index contributed by atoms with van der Waals surface area (Å²) >= 11 is 5.90. The Labute approximate surface area is 128 Å². The van der Waals surface area contributed by atoms with Crippen LogP contribution in [0.5, 0.6) is 0 Å². The first-order valence-electron chi connectivity index (χ1n) is 6.88. The minimum absolute atomic E-state index is 0.0303. The molecule has 1 atom stereocenters. The first kappa shape index (κ1) is 14.1. The van der Waals surface area contributed by atoms with Crippen molar-refractivity contribution in [2.24, 2.45) is 0 Å². The summed E-state index contributed by atoms with van der Waals surface area (Å²) in [4.78, 5) is 14.3. The van der Waals surface area contributed by atoms with Gasteiger partial charge >= 0.3 is 0 Å². The quantitative estimate of drug-likeness (QED) is 0.938. The Kier molecular flexibility index (Phi) is 3.94. The van der Waals surface area contributed by atoms with Gasteiger partial charge in [-0.1, -0.05) is 35.9 Å². The molecule has 1 N–H and O–H groups in total. The number of aromatic nitrogens is 2. The Hall–Kier alpha value is -1.85. The maximum Gasteiger partial charge on any atom is 0.237 e. The summed E-state index contributed by atoms with van der Waals surface area (Å²) in [6, 6.07) is 8.06. The zero-order valence-electron chi connectivity index (χ0n) is 11.8. The first-order chi connectivity index (χ1) is 10.2. The number of carbonyl (C=O) groups excluding carboxylic acids is 1. The Morgan fingerprint density at radius 1 is 1.43 bits per heavy atom. The molecule has 1 aromatic carbocycles. The van der Waals surface area contributed by atoms with Gasteiger partial charge in [-0.2, -0.15) is 5.10 Å². The number of nitrogens with zero attached hydrogens (tertiary/aromatic N) is 3. The maximum absolute atomic E-state index is 12.2. The van der Waals surface area contributed by atoms with Crippen LogP contribution >= 0.6 is 11.6 Å². The third kappa shape index (κ3) is 2.94. The summed E-state index contributed by atoms with van der Waals surface area (Å²) in [6.07, 6.45) is 4.09. The molecular formula is C15H17ClN4O. The fourth-order valence-corrected chi connectivity index (χ4v) is 2.91. The van der Waals surface area contributed by atoms with Crippen LogP contribution in [0, 0.1) is 0 Å². The third-order valence-corrected chi connectivity index (χ3v) is 4.02. The van der Waals surface area contributed by atoms with E-state index in [0.29, 0.717) is 18.1 Å². The largest absolute Gasteiger partial charge is 0.358 e. The molecule has 3 rings (SSSR count). The molecule has 0 bridgehead atoms. The fourth-order valence-electron chi connectivity index (χ4n) is 2.75. The molecule has 2 aromatic rings. The summed E-state index contributed by atoms with van der Waals surface area (Å²) in [5.41, 5.74) is 2.50. The number of fused-ring (bicyclic) bond motifs is 1. The molecule has 6 heteroatoms. The molecule has 110 valence electrons. The molecule has 1 aliphatic heterocycles. The third-order valence-electron chi connectivity index (χ3n) is 3.82. The highest BCUT2D eigenvalue weighted by atomic mass is 35.5. The van der Waals surface area contributed by atoms with Crippen molar-refractivity contribution < 1.29 is 4.79 Å². The van der Waals surface area contributed by atoms with E-state index in [2.05, 4.69) is 27.4 Å². The van der Waals surface area contributed by atoms with E-state index in [4.69, 9.17) is 11.6 Å². The Morgan fingerprint density at radius 3 is 2.86 bits per heavy atom. The number of likely N-dealkylation sites (N-methyl/N-ethyl adjacent to an activating group) is 1. The molecule has 2 heterocycles. The molecule has 0 spiro atoms. The van der Waals surface area contributed by atoms with E-state index < -0.39 is 0 Å². The highest BCUT2D eigenvalue weighted by Gasteiger charge is 2.31. The van der Waals surface area contributed by atoms with Crippen molar-refractivity contribution in [1.29, 1.82) is 0 Å². The van der Waals surface area contributed by atoms with Crippen molar-refractivity contribution >= 4 is 17.5 Å². The van der Waals surface area contributed by atoms with Crippen LogP contribution in [0.3, 0.4) is 0 Å². The second-order valence-electron chi connectivity index (χ2n) is 5.19. The van der Waals surface area contributed by atoms with Crippen molar-refractivity contribution in [1.82, 2.24) is 20.0 Å². The molecular weight excluding hydrogens is 288 g/mol. The van der Waals surface area contributed by atoms with Gasteiger partial charge in [0.15, 0.2) is 0 Å². The Morgan fingerprint density at radius 2 is 2.19 bits per heavy atom. The summed E-state index contributed by atoms with van der Waals surface area (Å²) in [5, 5.41) is 7.55. The van der Waals surface area contributed by atoms with Gasteiger partial charge in [-0.25, -0.2) is 0 Å². The van der Waals surface area contributed by atoms with Crippen LogP contribution in [0.25, 0.3) is 0 Å². The molecule has 21 heavy (non-hydrogen) atoms. The van der Waals surface area contributed by atoms with Gasteiger partial charge in [-0.3, -0.25) is 14.4 Å². The molecule has 0 aliphatic carbocycles. The van der Waals surface area contributed by atoms with Crippen molar-refractivity contribution in [2.75, 3.05) is 7.05 Å². The fraction of sp³-hybridized carbons (Fsp3) is 0.333. The second kappa shape index (κ2) is 5.87. The van der Waals surface area contributed by atoms with Crippen LogP contribution in [0.15, 0.2) is 36.7 Å². The van der Waals surface area contributed by atoms with E-state index in [9.17, 15) is 4.79 Å². The van der Waals surface area contributed by atoms with E-state index in [1.165, 1.54) is 11.1 Å². The lowest BCUT2D eigenvalue weighted by Gasteiger charge is -2.35. The summed E-state index contributed by atoms with van der Waals surface area (Å²) < 4.78 is 1.76. The van der Waals surface area contributed by atoms with Gasteiger partial charge in [0.05, 0.1) is 23.9 Å². The lowest BCUT2D eigenvalue weighted by molar-refractivity contribution is -0.127. The first-order valence-corrected chi connectivity index (χ1v) is 7.25. The predicted molar refractivity (Wildman–Crippen MR) is 80.8 cm³/mol. The molecule has 1 aromatic heterocycles. The van der Waals surface area contributed by atoms with Gasteiger partial charge in [0.25, 0.3) is 0 Å². The van der Waals surface area contributed by atoms with Crippen LogP contribution in [-0.4, -0.2) is 33.7 Å². The summed E-state index contributed by atoms with van der Waals surface area (Å²) in [5.74, 6) is 0.0303. The van der Waals surface area contributed by atoms with Gasteiger partial charge in [0.1, 0.15) is 0 Å². The standard InChI is InChI=1S/C15H17ClN4O/c1-17-15(21)14-6-11-4-2-3-5-12(11)8-19(14)10-20-9-13(16)7-18-20/h2-5,7,9,14H,6,8,10H2,1H3,(H,17,21)/t14-/m1/s1. The molecule has 1 aliphatic rings. The summed E-state index contributed by atoms with van der Waals surface area (Å²) in [6.45, 7) is 1.27. The van der Waals surface area contributed by atoms with Crippen LogP contribution in [0.1, 0.15) is 11.1 Å². The zero-order valence-corrected chi connectivity index (χ0v) is 12.5. The lowest BCUT2D eigenvalue weighted by Crippen LogP contribution is -2.49. The minimum Gasteiger partial charge on any atom is -0.358 e. The highest BCUT2D eigenvalue weighted by molar-refractivity contribution is 6.30. The van der Waals surface area contributed by atoms with Crippen LogP contribution in [0.4, 0.5) is 0 Å². The number of hydrogen-bond acceptors (Lipinski definition) is 3. The van der Waals surface area contributed by atoms with E-state index >= 15 is 0 Å². The van der Waals surface area contributed by atoms with Crippen LogP contribution in [0.2, 0.25) is 5.02 Å². The topological polar surface area (TPSA) is 50.2 Å². The van der Waals surface area contributed by atoms with Gasteiger partial charge < -0.3 is 5.32 Å². The Balaban J connectivity index is 1.87. The van der Waals surface area contributed by atoms with Crippen molar-refractivity contribution in [2.45, 2.75) is 25.7 Å². The maximum atomic E-state index is 12.2. The summed E-state index contributed by atoms with van der Waals surface area (Å²) in [7, 11) is 1.67. The SMILES string of the molecule is CNC(=O)[C@H]1Cc2ccccc2CN1Cn1cc(Cl)cn1. The van der Waals surface area contributed by atoms with Gasteiger partial charge in [-0.15, -0.1) is 0 Å². The molecule has 0 unspecified atom stereocenters. The average molecular weight is 305 g/mol. The number of carbonyl (C=O) groups is 1. The van der Waals surface area contributed by atoms with Gasteiger partial charge in [0.2, 0.25) is 5.91 Å². The molecule has 0 radical (unpaired) electrons. The zero-order chi connectivity index (χ0) is 14.8.